The first-order chi connectivity index (χ1) is 11.1. The number of carbonyl (C=O) groups excluding carboxylic acids is 2. The molecule has 1 aliphatic heterocycles. The van der Waals surface area contributed by atoms with Gasteiger partial charge in [-0.1, -0.05) is 6.92 Å². The van der Waals surface area contributed by atoms with Crippen molar-refractivity contribution in [3.8, 4) is 0 Å². The summed E-state index contributed by atoms with van der Waals surface area (Å²) in [7, 11) is -3.53. The summed E-state index contributed by atoms with van der Waals surface area (Å²) in [6, 6.07) is 5.81. The molecule has 0 unspecified atom stereocenters. The van der Waals surface area contributed by atoms with E-state index in [1.54, 1.807) is 6.92 Å². The van der Waals surface area contributed by atoms with E-state index < -0.39 is 27.7 Å². The second-order valence-electron chi connectivity index (χ2n) is 5.41. The summed E-state index contributed by atoms with van der Waals surface area (Å²) in [6.07, 6.45) is 1.16. The molecule has 1 saturated heterocycles. The number of ether oxygens (including phenoxy) is 2. The second-order valence-corrected chi connectivity index (χ2v) is 7.17. The molecule has 0 amide bonds. The number of hydrogen-bond donors (Lipinski definition) is 2. The van der Waals surface area contributed by atoms with E-state index in [-0.39, 0.29) is 17.0 Å². The molecule has 0 radical (unpaired) electrons. The van der Waals surface area contributed by atoms with Gasteiger partial charge in [-0.15, -0.1) is 0 Å². The van der Waals surface area contributed by atoms with Crippen LogP contribution in [0.3, 0.4) is 0 Å². The first-order valence-corrected chi connectivity index (χ1v) is 8.66. The number of sulfonamides is 1. The summed E-state index contributed by atoms with van der Waals surface area (Å²) < 4.78 is 36.0. The molecule has 1 aliphatic rings. The molecule has 2 N–H and O–H groups in total. The fourth-order valence-corrected chi connectivity index (χ4v) is 2.98. The molecular weight excluding hydrogens is 336 g/mol. The van der Waals surface area contributed by atoms with Gasteiger partial charge in [0, 0.05) is 32.3 Å². The minimum atomic E-state index is -3.53. The third kappa shape index (κ3) is 4.12. The summed E-state index contributed by atoms with van der Waals surface area (Å²) in [6.45, 7) is 4.88. The normalized spacial score (nSPS) is 17.0. The maximum atomic E-state index is 11.8. The SMILES string of the molecule is CCNS(=O)(=O)c1ccc(NC=C2C(=O)OC(C)(C)OC2=O)cc1. The van der Waals surface area contributed by atoms with Crippen LogP contribution in [0.15, 0.2) is 40.9 Å². The smallest absolute Gasteiger partial charge is 0.350 e. The Morgan fingerprint density at radius 2 is 1.62 bits per heavy atom. The third-order valence-corrected chi connectivity index (χ3v) is 4.56. The molecule has 1 fully saturated rings. The van der Waals surface area contributed by atoms with E-state index in [2.05, 4.69) is 10.0 Å². The summed E-state index contributed by atoms with van der Waals surface area (Å²) in [4.78, 5) is 23.7. The van der Waals surface area contributed by atoms with Crippen LogP contribution >= 0.6 is 0 Å². The van der Waals surface area contributed by atoms with Gasteiger partial charge in [-0.3, -0.25) is 0 Å². The van der Waals surface area contributed by atoms with Crippen molar-refractivity contribution in [3.63, 3.8) is 0 Å². The van der Waals surface area contributed by atoms with E-state index in [1.807, 2.05) is 0 Å². The van der Waals surface area contributed by atoms with Gasteiger partial charge in [-0.2, -0.15) is 0 Å². The first-order valence-electron chi connectivity index (χ1n) is 7.18. The van der Waals surface area contributed by atoms with Crippen LogP contribution in [-0.4, -0.2) is 32.7 Å². The predicted octanol–water partition coefficient (Wildman–Crippen LogP) is 1.12. The Hall–Kier alpha value is -2.39. The number of nitrogens with one attached hydrogen (secondary N) is 2. The lowest BCUT2D eigenvalue weighted by molar-refractivity contribution is -0.222. The van der Waals surface area contributed by atoms with Crippen molar-refractivity contribution >= 4 is 27.6 Å². The second kappa shape index (κ2) is 6.62. The van der Waals surface area contributed by atoms with E-state index in [4.69, 9.17) is 9.47 Å². The summed E-state index contributed by atoms with van der Waals surface area (Å²) in [5.41, 5.74) is 0.210. The Kier molecular flexibility index (Phi) is 4.95. The fraction of sp³-hybridized carbons (Fsp3) is 0.333. The Balaban J connectivity index is 2.12. The number of esters is 2. The molecule has 9 heteroatoms. The highest BCUT2D eigenvalue weighted by Crippen LogP contribution is 2.23. The molecule has 0 aromatic heterocycles. The minimum absolute atomic E-state index is 0.112. The molecule has 130 valence electrons. The van der Waals surface area contributed by atoms with E-state index in [9.17, 15) is 18.0 Å². The van der Waals surface area contributed by atoms with Crippen LogP contribution < -0.4 is 10.0 Å². The number of carbonyl (C=O) groups is 2. The van der Waals surface area contributed by atoms with Crippen molar-refractivity contribution in [2.75, 3.05) is 11.9 Å². The standard InChI is InChI=1S/C15H18N2O6S/c1-4-17-24(20,21)11-7-5-10(6-8-11)16-9-12-13(18)22-15(2,3)23-14(12)19/h5-9,16-17H,4H2,1-3H3. The van der Waals surface area contributed by atoms with Gasteiger partial charge in [0.15, 0.2) is 5.57 Å². The monoisotopic (exact) mass is 354 g/mol. The van der Waals surface area contributed by atoms with Crippen molar-refractivity contribution in [1.82, 2.24) is 4.72 Å². The van der Waals surface area contributed by atoms with Crippen molar-refractivity contribution in [3.05, 3.63) is 36.0 Å². The van der Waals surface area contributed by atoms with Crippen molar-refractivity contribution in [2.24, 2.45) is 0 Å². The van der Waals surface area contributed by atoms with E-state index in [1.165, 1.54) is 38.1 Å². The summed E-state index contributed by atoms with van der Waals surface area (Å²) in [5, 5.41) is 2.73. The minimum Gasteiger partial charge on any atom is -0.419 e. The molecule has 1 aromatic rings. The zero-order chi connectivity index (χ0) is 18.0. The molecule has 0 saturated carbocycles. The predicted molar refractivity (Wildman–Crippen MR) is 85.3 cm³/mol. The maximum absolute atomic E-state index is 11.8. The van der Waals surface area contributed by atoms with E-state index in [0.717, 1.165) is 6.20 Å². The van der Waals surface area contributed by atoms with Gasteiger partial charge in [0.1, 0.15) is 0 Å². The van der Waals surface area contributed by atoms with Gasteiger partial charge in [0.05, 0.1) is 4.90 Å². The Morgan fingerprint density at radius 1 is 1.08 bits per heavy atom. The van der Waals surface area contributed by atoms with E-state index in [0.29, 0.717) is 5.69 Å². The lowest BCUT2D eigenvalue weighted by Crippen LogP contribution is -2.42. The van der Waals surface area contributed by atoms with Crippen LogP contribution in [0, 0.1) is 0 Å². The molecule has 1 heterocycles. The molecule has 8 nitrogen and oxygen atoms in total. The van der Waals surface area contributed by atoms with Crippen molar-refractivity contribution < 1.29 is 27.5 Å². The number of cyclic esters (lactones) is 2. The maximum Gasteiger partial charge on any atom is 0.350 e. The molecule has 0 bridgehead atoms. The highest BCUT2D eigenvalue weighted by Gasteiger charge is 2.38. The van der Waals surface area contributed by atoms with Crippen LogP contribution in [0.5, 0.6) is 0 Å². The number of hydrogen-bond acceptors (Lipinski definition) is 7. The molecular formula is C15H18N2O6S. The largest absolute Gasteiger partial charge is 0.419 e. The molecule has 24 heavy (non-hydrogen) atoms. The fourth-order valence-electron chi connectivity index (χ4n) is 1.94. The highest BCUT2D eigenvalue weighted by atomic mass is 32.2. The van der Waals surface area contributed by atoms with Crippen LogP contribution in [0.25, 0.3) is 0 Å². The average Bonchev–Trinajstić information content (AvgIpc) is 2.45. The lowest BCUT2D eigenvalue weighted by atomic mass is 10.2. The Morgan fingerprint density at radius 3 is 2.12 bits per heavy atom. The van der Waals surface area contributed by atoms with Gasteiger partial charge in [-0.05, 0) is 24.3 Å². The number of anilines is 1. The van der Waals surface area contributed by atoms with Crippen molar-refractivity contribution in [1.29, 1.82) is 0 Å². The van der Waals surface area contributed by atoms with Crippen LogP contribution in [-0.2, 0) is 29.1 Å². The average molecular weight is 354 g/mol. The van der Waals surface area contributed by atoms with Gasteiger partial charge < -0.3 is 14.8 Å². The molecule has 0 atom stereocenters. The van der Waals surface area contributed by atoms with Gasteiger partial charge in [0.2, 0.25) is 10.0 Å². The molecule has 2 rings (SSSR count). The first kappa shape index (κ1) is 18.0. The van der Waals surface area contributed by atoms with Gasteiger partial charge in [0.25, 0.3) is 5.79 Å². The zero-order valence-electron chi connectivity index (χ0n) is 13.5. The third-order valence-electron chi connectivity index (χ3n) is 3.00. The summed E-state index contributed by atoms with van der Waals surface area (Å²) >= 11 is 0. The molecule has 1 aromatic carbocycles. The highest BCUT2D eigenvalue weighted by molar-refractivity contribution is 7.89. The topological polar surface area (TPSA) is 111 Å². The van der Waals surface area contributed by atoms with Crippen LogP contribution in [0.4, 0.5) is 5.69 Å². The Labute approximate surface area is 139 Å². The molecule has 0 aliphatic carbocycles. The van der Waals surface area contributed by atoms with Gasteiger partial charge in [-0.25, -0.2) is 22.7 Å². The van der Waals surface area contributed by atoms with Crippen molar-refractivity contribution in [2.45, 2.75) is 31.5 Å². The number of benzene rings is 1. The summed E-state index contributed by atoms with van der Waals surface area (Å²) in [5.74, 6) is -2.89. The Bertz CT molecular complexity index is 759. The van der Waals surface area contributed by atoms with Gasteiger partial charge >= 0.3 is 11.9 Å². The lowest BCUT2D eigenvalue weighted by Gasteiger charge is -2.29. The quantitative estimate of drug-likeness (QED) is 0.463. The van der Waals surface area contributed by atoms with E-state index >= 15 is 0 Å². The van der Waals surface area contributed by atoms with Crippen LogP contribution in [0.1, 0.15) is 20.8 Å². The molecule has 0 spiro atoms. The van der Waals surface area contributed by atoms with Crippen LogP contribution in [0.2, 0.25) is 0 Å². The zero-order valence-corrected chi connectivity index (χ0v) is 14.3. The number of rotatable bonds is 5.